The summed E-state index contributed by atoms with van der Waals surface area (Å²) in [7, 11) is 0. The molecular weight excluding hydrogens is 426 g/mol. The van der Waals surface area contributed by atoms with Crippen LogP contribution < -0.4 is 5.32 Å². The summed E-state index contributed by atoms with van der Waals surface area (Å²) < 4.78 is 27.7. The van der Waals surface area contributed by atoms with Gasteiger partial charge in [0.1, 0.15) is 23.8 Å². The highest BCUT2D eigenvalue weighted by molar-refractivity contribution is 5.96. The van der Waals surface area contributed by atoms with Gasteiger partial charge < -0.3 is 10.2 Å². The van der Waals surface area contributed by atoms with E-state index in [4.69, 9.17) is 0 Å². The van der Waals surface area contributed by atoms with Gasteiger partial charge in [-0.15, -0.1) is 0 Å². The van der Waals surface area contributed by atoms with Crippen LogP contribution in [0.1, 0.15) is 60.1 Å². The first-order valence-electron chi connectivity index (χ1n) is 11.8. The molecule has 0 atom stereocenters. The molecular formula is C25H26F2N4O2. The highest BCUT2D eigenvalue weighted by atomic mass is 19.1. The molecule has 0 unspecified atom stereocenters. The number of benzene rings is 1. The molecule has 2 amide bonds. The van der Waals surface area contributed by atoms with Crippen LogP contribution in [-0.2, 0) is 17.8 Å². The Morgan fingerprint density at radius 1 is 1.03 bits per heavy atom. The van der Waals surface area contributed by atoms with E-state index in [1.807, 2.05) is 0 Å². The second kappa shape index (κ2) is 7.57. The highest BCUT2D eigenvalue weighted by Gasteiger charge is 2.54. The molecule has 2 heterocycles. The van der Waals surface area contributed by atoms with Gasteiger partial charge in [0.25, 0.3) is 5.91 Å². The number of halogens is 2. The van der Waals surface area contributed by atoms with Crippen LogP contribution in [0.15, 0.2) is 24.5 Å². The van der Waals surface area contributed by atoms with Crippen LogP contribution in [0.25, 0.3) is 0 Å². The van der Waals surface area contributed by atoms with Gasteiger partial charge in [-0.05, 0) is 80.9 Å². The smallest absolute Gasteiger partial charge is 0.257 e. The summed E-state index contributed by atoms with van der Waals surface area (Å²) in [4.78, 5) is 36.4. The number of carbonyl (C=O) groups excluding carboxylic acids is 2. The van der Waals surface area contributed by atoms with Crippen molar-refractivity contribution in [2.75, 3.05) is 11.9 Å². The van der Waals surface area contributed by atoms with Crippen LogP contribution in [0.3, 0.4) is 0 Å². The molecule has 8 heteroatoms. The fourth-order valence-corrected chi connectivity index (χ4v) is 7.10. The number of amides is 2. The number of hydrogen-bond acceptors (Lipinski definition) is 4. The third kappa shape index (κ3) is 3.50. The summed E-state index contributed by atoms with van der Waals surface area (Å²) in [6.07, 6.45) is 8.56. The molecule has 4 bridgehead atoms. The maximum absolute atomic E-state index is 14.1. The Hall–Kier alpha value is -2.90. The fraction of sp³-hybridized carbons (Fsp3) is 0.520. The second-order valence-electron chi connectivity index (χ2n) is 10.4. The number of aromatic nitrogens is 2. The average Bonchev–Trinajstić information content (AvgIpc) is 2.79. The molecule has 4 saturated carbocycles. The van der Waals surface area contributed by atoms with Crippen LogP contribution in [-0.4, -0.2) is 33.2 Å². The molecule has 1 aromatic carbocycles. The van der Waals surface area contributed by atoms with E-state index in [1.165, 1.54) is 30.5 Å². The Morgan fingerprint density at radius 3 is 2.42 bits per heavy atom. The lowest BCUT2D eigenvalue weighted by Crippen LogP contribution is -2.52. The Morgan fingerprint density at radius 2 is 1.73 bits per heavy atom. The van der Waals surface area contributed by atoms with Gasteiger partial charge in [0.2, 0.25) is 5.91 Å². The summed E-state index contributed by atoms with van der Waals surface area (Å²) in [5.74, 6) is 0.618. The van der Waals surface area contributed by atoms with Gasteiger partial charge in [-0.2, -0.15) is 0 Å². The number of carbonyl (C=O) groups is 2. The molecule has 7 rings (SSSR count). The average molecular weight is 453 g/mol. The quantitative estimate of drug-likeness (QED) is 0.761. The lowest BCUT2D eigenvalue weighted by atomic mass is 9.49. The topological polar surface area (TPSA) is 75.2 Å². The third-order valence-corrected chi connectivity index (χ3v) is 8.20. The first-order chi connectivity index (χ1) is 15.9. The summed E-state index contributed by atoms with van der Waals surface area (Å²) >= 11 is 0. The number of rotatable bonds is 3. The maximum atomic E-state index is 14.1. The molecule has 6 nitrogen and oxygen atoms in total. The minimum Gasteiger partial charge on any atom is -0.332 e. The molecule has 1 aromatic heterocycles. The van der Waals surface area contributed by atoms with Gasteiger partial charge in [0.15, 0.2) is 0 Å². The third-order valence-electron chi connectivity index (χ3n) is 8.20. The monoisotopic (exact) mass is 452 g/mol. The van der Waals surface area contributed by atoms with Gasteiger partial charge in [0.05, 0.1) is 23.2 Å². The Balaban J connectivity index is 1.21. The minimum atomic E-state index is -0.751. The standard InChI is InChI=1S/C25H26F2N4O2/c26-17-1-2-20(27)19(8-17)23(32)31-4-3-18-21(12-31)28-13-29-22(18)30-24(33)25-9-14-5-15(10-25)7-16(6-14)11-25/h1-2,8,13-16H,3-7,9-12H2,(H,28,29,30,33). The predicted molar refractivity (Wildman–Crippen MR) is 116 cm³/mol. The van der Waals surface area contributed by atoms with Crippen molar-refractivity contribution in [3.63, 3.8) is 0 Å². The van der Waals surface area contributed by atoms with Gasteiger partial charge in [0, 0.05) is 12.1 Å². The molecule has 0 radical (unpaired) electrons. The Bertz CT molecular complexity index is 1120. The summed E-state index contributed by atoms with van der Waals surface area (Å²) in [5, 5.41) is 3.12. The van der Waals surface area contributed by atoms with Gasteiger partial charge in [-0.1, -0.05) is 0 Å². The first kappa shape index (κ1) is 20.7. The number of fused-ring (bicyclic) bond motifs is 1. The molecule has 172 valence electrons. The van der Waals surface area contributed by atoms with E-state index in [1.54, 1.807) is 0 Å². The number of anilines is 1. The number of nitrogens with one attached hydrogen (secondary N) is 1. The normalized spacial score (nSPS) is 29.6. The first-order valence-corrected chi connectivity index (χ1v) is 11.8. The van der Waals surface area contributed by atoms with Crippen molar-refractivity contribution in [2.45, 2.75) is 51.5 Å². The highest BCUT2D eigenvalue weighted by Crippen LogP contribution is 2.60. The molecule has 4 fully saturated rings. The lowest BCUT2D eigenvalue weighted by molar-refractivity contribution is -0.140. The fourth-order valence-electron chi connectivity index (χ4n) is 7.10. The van der Waals surface area contributed by atoms with Gasteiger partial charge >= 0.3 is 0 Å². The SMILES string of the molecule is O=C(c1cc(F)ccc1F)N1CCc2c(ncnc2NC(=O)C23CC4CC(CC(C4)C2)C3)C1. The molecule has 33 heavy (non-hydrogen) atoms. The second-order valence-corrected chi connectivity index (χ2v) is 10.4. The summed E-state index contributed by atoms with van der Waals surface area (Å²) in [6.45, 7) is 0.474. The van der Waals surface area contributed by atoms with E-state index in [2.05, 4.69) is 15.3 Å². The van der Waals surface area contributed by atoms with E-state index in [0.717, 1.165) is 43.0 Å². The molecule has 4 aliphatic carbocycles. The van der Waals surface area contributed by atoms with Crippen molar-refractivity contribution >= 4 is 17.6 Å². The zero-order valence-electron chi connectivity index (χ0n) is 18.3. The Labute approximate surface area is 190 Å². The lowest BCUT2D eigenvalue weighted by Gasteiger charge is -2.55. The van der Waals surface area contributed by atoms with E-state index >= 15 is 0 Å². The van der Waals surface area contributed by atoms with Gasteiger partial charge in [-0.25, -0.2) is 18.7 Å². The minimum absolute atomic E-state index is 0.0721. The summed E-state index contributed by atoms with van der Waals surface area (Å²) in [5.41, 5.74) is 0.877. The molecule has 1 N–H and O–H groups in total. The van der Waals surface area contributed by atoms with Crippen molar-refractivity contribution in [3.8, 4) is 0 Å². The summed E-state index contributed by atoms with van der Waals surface area (Å²) in [6, 6.07) is 2.87. The van der Waals surface area contributed by atoms with Crippen molar-refractivity contribution in [3.05, 3.63) is 53.0 Å². The largest absolute Gasteiger partial charge is 0.332 e. The van der Waals surface area contributed by atoms with E-state index < -0.39 is 17.5 Å². The van der Waals surface area contributed by atoms with E-state index in [0.29, 0.717) is 42.2 Å². The van der Waals surface area contributed by atoms with Gasteiger partial charge in [-0.3, -0.25) is 9.59 Å². The van der Waals surface area contributed by atoms with Crippen LogP contribution >= 0.6 is 0 Å². The van der Waals surface area contributed by atoms with Crippen molar-refractivity contribution in [2.24, 2.45) is 23.2 Å². The molecule has 1 aliphatic heterocycles. The van der Waals surface area contributed by atoms with E-state index in [-0.39, 0.29) is 23.4 Å². The maximum Gasteiger partial charge on any atom is 0.257 e. The number of nitrogens with zero attached hydrogens (tertiary/aromatic N) is 3. The zero-order chi connectivity index (χ0) is 22.7. The van der Waals surface area contributed by atoms with Crippen LogP contribution in [0.5, 0.6) is 0 Å². The Kier molecular flexibility index (Phi) is 4.74. The van der Waals surface area contributed by atoms with Crippen molar-refractivity contribution in [1.82, 2.24) is 14.9 Å². The van der Waals surface area contributed by atoms with E-state index in [9.17, 15) is 18.4 Å². The molecule has 0 saturated heterocycles. The zero-order valence-corrected chi connectivity index (χ0v) is 18.3. The predicted octanol–water partition coefficient (Wildman–Crippen LogP) is 4.11. The van der Waals surface area contributed by atoms with Crippen LogP contribution in [0.4, 0.5) is 14.6 Å². The molecule has 0 spiro atoms. The van der Waals surface area contributed by atoms with Crippen molar-refractivity contribution in [1.29, 1.82) is 0 Å². The number of hydrogen-bond donors (Lipinski definition) is 1. The molecule has 2 aromatic rings. The molecule has 5 aliphatic rings. The van der Waals surface area contributed by atoms with Crippen LogP contribution in [0, 0.1) is 34.8 Å². The van der Waals surface area contributed by atoms with Crippen molar-refractivity contribution < 1.29 is 18.4 Å². The van der Waals surface area contributed by atoms with Crippen LogP contribution in [0.2, 0.25) is 0 Å².